The van der Waals surface area contributed by atoms with E-state index in [-0.39, 0.29) is 23.1 Å². The van der Waals surface area contributed by atoms with Crippen molar-refractivity contribution in [3.8, 4) is 5.75 Å². The summed E-state index contributed by atoms with van der Waals surface area (Å²) in [4.78, 5) is 25.1. The van der Waals surface area contributed by atoms with Gasteiger partial charge in [0, 0.05) is 40.0 Å². The van der Waals surface area contributed by atoms with Gasteiger partial charge in [-0.05, 0) is 75.1 Å². The number of rotatable bonds is 5. The summed E-state index contributed by atoms with van der Waals surface area (Å²) in [5.74, 6) is 0.886. The summed E-state index contributed by atoms with van der Waals surface area (Å²) in [6.45, 7) is 4.25. The summed E-state index contributed by atoms with van der Waals surface area (Å²) in [7, 11) is 1.64. The maximum atomic E-state index is 13.0. The van der Waals surface area contributed by atoms with E-state index >= 15 is 0 Å². The number of fused-ring (bicyclic) bond motifs is 1. The van der Waals surface area contributed by atoms with Crippen LogP contribution >= 0.6 is 0 Å². The minimum absolute atomic E-state index is 0.0710. The highest BCUT2D eigenvalue weighted by Crippen LogP contribution is 2.32. The van der Waals surface area contributed by atoms with Gasteiger partial charge in [-0.3, -0.25) is 9.59 Å². The lowest BCUT2D eigenvalue weighted by Crippen LogP contribution is -2.43. The van der Waals surface area contributed by atoms with Crippen molar-refractivity contribution in [1.82, 2.24) is 5.32 Å². The summed E-state index contributed by atoms with van der Waals surface area (Å²) in [5.41, 5.74) is 4.14. The van der Waals surface area contributed by atoms with Crippen LogP contribution < -0.4 is 15.4 Å². The van der Waals surface area contributed by atoms with Gasteiger partial charge in [0.25, 0.3) is 0 Å². The fourth-order valence-corrected chi connectivity index (χ4v) is 4.00. The molecule has 1 heterocycles. The molecule has 0 radical (unpaired) electrons. The van der Waals surface area contributed by atoms with Crippen LogP contribution in [0.1, 0.15) is 54.6 Å². The van der Waals surface area contributed by atoms with E-state index in [0.717, 1.165) is 48.4 Å². The zero-order chi connectivity index (χ0) is 21.3. The molecule has 0 unspecified atom stereocenters. The molecule has 1 aliphatic heterocycles. The molecule has 30 heavy (non-hydrogen) atoms. The van der Waals surface area contributed by atoms with E-state index in [1.54, 1.807) is 37.5 Å². The third-order valence-corrected chi connectivity index (χ3v) is 5.90. The first-order valence-electron chi connectivity index (χ1n) is 10.5. The van der Waals surface area contributed by atoms with E-state index < -0.39 is 0 Å². The number of allylic oxidation sites excluding steroid dienone is 1. The fourth-order valence-electron chi connectivity index (χ4n) is 4.00. The first-order chi connectivity index (χ1) is 14.3. The number of methoxy groups -OCH3 is 1. The Hall–Kier alpha value is -3.08. The lowest BCUT2D eigenvalue weighted by Gasteiger charge is -2.35. The maximum absolute atomic E-state index is 13.0. The zero-order valence-electron chi connectivity index (χ0n) is 17.7. The average molecular weight is 405 g/mol. The van der Waals surface area contributed by atoms with Gasteiger partial charge < -0.3 is 15.4 Å². The zero-order valence-corrected chi connectivity index (χ0v) is 17.7. The smallest absolute Gasteiger partial charge is 0.227 e. The topological polar surface area (TPSA) is 67.4 Å². The largest absolute Gasteiger partial charge is 0.497 e. The van der Waals surface area contributed by atoms with E-state index in [4.69, 9.17) is 4.74 Å². The third kappa shape index (κ3) is 4.25. The Morgan fingerprint density at radius 1 is 1.13 bits per heavy atom. The second kappa shape index (κ2) is 7.98. The van der Waals surface area contributed by atoms with Crippen LogP contribution in [0.3, 0.4) is 0 Å². The molecular weight excluding hydrogens is 376 g/mol. The summed E-state index contributed by atoms with van der Waals surface area (Å²) in [5, 5.41) is 6.43. The van der Waals surface area contributed by atoms with Crippen molar-refractivity contribution in [1.29, 1.82) is 0 Å². The van der Waals surface area contributed by atoms with Gasteiger partial charge in [0.15, 0.2) is 5.78 Å². The fraction of sp³-hybridized carbons (Fsp3) is 0.360. The van der Waals surface area contributed by atoms with Crippen LogP contribution in [-0.4, -0.2) is 24.3 Å². The third-order valence-electron chi connectivity index (χ3n) is 5.90. The number of hydrogen-bond acceptors (Lipinski definition) is 4. The summed E-state index contributed by atoms with van der Waals surface area (Å²) < 4.78 is 5.37. The highest BCUT2D eigenvalue weighted by Gasteiger charge is 2.28. The standard InChI is InChI=1S/C25H28N2O3/c1-25(2)15-18-9-12-20(30-3)13-21(18)22(27-25)14-23(28)16-7-10-19(11-8-16)26-24(29)17-5-4-6-17/h7-14,17,27H,4-6,15H2,1-3H3,(H,26,29)/b22-14-. The first kappa shape index (κ1) is 20.2. The van der Waals surface area contributed by atoms with Crippen LogP contribution in [0.5, 0.6) is 5.75 Å². The Bertz CT molecular complexity index is 1000. The SMILES string of the molecule is COc1ccc2c(c1)/C(=C/C(=O)c1ccc(NC(=O)C3CCC3)cc1)NC(C)(C)C2. The van der Waals surface area contributed by atoms with E-state index in [1.807, 2.05) is 12.1 Å². The quantitative estimate of drug-likeness (QED) is 0.565. The van der Waals surface area contributed by atoms with Gasteiger partial charge in [-0.1, -0.05) is 12.5 Å². The molecule has 1 amide bonds. The second-order valence-corrected chi connectivity index (χ2v) is 8.83. The molecule has 4 rings (SSSR count). The Morgan fingerprint density at radius 2 is 1.87 bits per heavy atom. The van der Waals surface area contributed by atoms with Gasteiger partial charge >= 0.3 is 0 Å². The molecule has 156 valence electrons. The van der Waals surface area contributed by atoms with Gasteiger partial charge in [0.05, 0.1) is 7.11 Å². The maximum Gasteiger partial charge on any atom is 0.227 e. The first-order valence-corrected chi connectivity index (χ1v) is 10.5. The molecule has 1 fully saturated rings. The lowest BCUT2D eigenvalue weighted by molar-refractivity contribution is -0.122. The Labute approximate surface area is 177 Å². The number of anilines is 1. The number of carbonyl (C=O) groups excluding carboxylic acids is 2. The van der Waals surface area contributed by atoms with Crippen LogP contribution in [0.25, 0.3) is 5.70 Å². The second-order valence-electron chi connectivity index (χ2n) is 8.83. The molecule has 0 aromatic heterocycles. The van der Waals surface area contributed by atoms with Crippen molar-refractivity contribution in [2.45, 2.75) is 45.1 Å². The minimum Gasteiger partial charge on any atom is -0.497 e. The van der Waals surface area contributed by atoms with Crippen molar-refractivity contribution in [3.63, 3.8) is 0 Å². The molecule has 2 N–H and O–H groups in total. The van der Waals surface area contributed by atoms with Gasteiger partial charge in [0.2, 0.25) is 5.91 Å². The predicted molar refractivity (Wildman–Crippen MR) is 119 cm³/mol. The van der Waals surface area contributed by atoms with Crippen molar-refractivity contribution in [2.75, 3.05) is 12.4 Å². The molecule has 0 atom stereocenters. The number of benzene rings is 2. The molecular formula is C25H28N2O3. The van der Waals surface area contributed by atoms with E-state index in [0.29, 0.717) is 5.56 Å². The molecule has 2 aromatic carbocycles. The lowest BCUT2D eigenvalue weighted by atomic mass is 9.85. The number of amides is 1. The molecule has 5 nitrogen and oxygen atoms in total. The molecule has 2 aliphatic rings. The highest BCUT2D eigenvalue weighted by molar-refractivity contribution is 6.09. The van der Waals surface area contributed by atoms with Gasteiger partial charge in [0.1, 0.15) is 5.75 Å². The van der Waals surface area contributed by atoms with E-state index in [2.05, 4.69) is 30.5 Å². The number of hydrogen-bond donors (Lipinski definition) is 2. The van der Waals surface area contributed by atoms with Gasteiger partial charge in [-0.25, -0.2) is 0 Å². The van der Waals surface area contributed by atoms with Crippen LogP contribution in [0.15, 0.2) is 48.5 Å². The number of ether oxygens (including phenoxy) is 1. The van der Waals surface area contributed by atoms with Crippen molar-refractivity contribution in [2.24, 2.45) is 5.92 Å². The molecule has 0 spiro atoms. The number of nitrogens with one attached hydrogen (secondary N) is 2. The summed E-state index contributed by atoms with van der Waals surface area (Å²) >= 11 is 0. The molecule has 0 bridgehead atoms. The Kier molecular flexibility index (Phi) is 5.37. The van der Waals surface area contributed by atoms with Crippen molar-refractivity contribution >= 4 is 23.1 Å². The Balaban J connectivity index is 1.55. The predicted octanol–water partition coefficient (Wildman–Crippen LogP) is 4.58. The molecule has 5 heteroatoms. The average Bonchev–Trinajstić information content (AvgIpc) is 2.66. The Morgan fingerprint density at radius 3 is 2.50 bits per heavy atom. The van der Waals surface area contributed by atoms with Crippen molar-refractivity contribution < 1.29 is 14.3 Å². The summed E-state index contributed by atoms with van der Waals surface area (Å²) in [6.07, 6.45) is 5.57. The van der Waals surface area contributed by atoms with Crippen LogP contribution in [-0.2, 0) is 11.2 Å². The van der Waals surface area contributed by atoms with Crippen molar-refractivity contribution in [3.05, 3.63) is 65.2 Å². The molecule has 2 aromatic rings. The van der Waals surface area contributed by atoms with E-state index in [1.165, 1.54) is 5.56 Å². The van der Waals surface area contributed by atoms with Gasteiger partial charge in [-0.15, -0.1) is 0 Å². The normalized spacial score (nSPS) is 18.7. The molecule has 1 aliphatic carbocycles. The monoisotopic (exact) mass is 404 g/mol. The summed E-state index contributed by atoms with van der Waals surface area (Å²) in [6, 6.07) is 13.1. The van der Waals surface area contributed by atoms with E-state index in [9.17, 15) is 9.59 Å². The van der Waals surface area contributed by atoms with Crippen LogP contribution in [0.2, 0.25) is 0 Å². The minimum atomic E-state index is -0.149. The van der Waals surface area contributed by atoms with Gasteiger partial charge in [-0.2, -0.15) is 0 Å². The number of ketones is 1. The van der Waals surface area contributed by atoms with Crippen LogP contribution in [0, 0.1) is 5.92 Å². The highest BCUT2D eigenvalue weighted by atomic mass is 16.5. The number of carbonyl (C=O) groups is 2. The molecule has 1 saturated carbocycles. The molecule has 0 saturated heterocycles. The van der Waals surface area contributed by atoms with Crippen LogP contribution in [0.4, 0.5) is 5.69 Å².